The molecular weight excluding hydrogens is 264 g/mol. The summed E-state index contributed by atoms with van der Waals surface area (Å²) in [6.07, 6.45) is 3.56. The van der Waals surface area contributed by atoms with E-state index >= 15 is 0 Å². The van der Waals surface area contributed by atoms with Crippen molar-refractivity contribution in [3.63, 3.8) is 0 Å². The highest BCUT2D eigenvalue weighted by molar-refractivity contribution is 9.10. The lowest BCUT2D eigenvalue weighted by molar-refractivity contribution is 0.668. The summed E-state index contributed by atoms with van der Waals surface area (Å²) in [6.45, 7) is 2.88. The fourth-order valence-corrected chi connectivity index (χ4v) is 2.63. The van der Waals surface area contributed by atoms with Crippen molar-refractivity contribution in [1.29, 1.82) is 0 Å². The van der Waals surface area contributed by atoms with Crippen molar-refractivity contribution in [1.82, 2.24) is 14.8 Å². The Kier molecular flexibility index (Phi) is 2.56. The van der Waals surface area contributed by atoms with Crippen molar-refractivity contribution in [2.24, 2.45) is 0 Å². The molecule has 0 aliphatic heterocycles. The van der Waals surface area contributed by atoms with Crippen LogP contribution in [0.4, 0.5) is 5.13 Å². The number of rotatable bonds is 2. The molecule has 6 heteroatoms. The minimum atomic E-state index is 0.579. The topological polar surface area (TPSA) is 56.7 Å². The summed E-state index contributed by atoms with van der Waals surface area (Å²) in [6, 6.07) is 0. The van der Waals surface area contributed by atoms with Crippen LogP contribution in [0, 0.1) is 0 Å². The standard InChI is InChI=1S/C8H9BrN4S/c1-2-13-7(5(9)3-12-13)6-4-11-8(10)14-6/h3-4H,2H2,1H3,(H2,10,11). The third-order valence-corrected chi connectivity index (χ3v) is 3.26. The van der Waals surface area contributed by atoms with Crippen molar-refractivity contribution in [3.05, 3.63) is 16.9 Å². The lowest BCUT2D eigenvalue weighted by Crippen LogP contribution is -1.97. The molecular formula is C8H9BrN4S. The quantitative estimate of drug-likeness (QED) is 0.913. The maximum absolute atomic E-state index is 5.59. The number of anilines is 1. The average Bonchev–Trinajstić information content (AvgIpc) is 2.71. The van der Waals surface area contributed by atoms with Crippen LogP contribution in [0.2, 0.25) is 0 Å². The predicted molar refractivity (Wildman–Crippen MR) is 61.1 cm³/mol. The van der Waals surface area contributed by atoms with Crippen molar-refractivity contribution >= 4 is 32.4 Å². The molecule has 74 valence electrons. The Morgan fingerprint density at radius 1 is 1.57 bits per heavy atom. The van der Waals surface area contributed by atoms with Gasteiger partial charge < -0.3 is 5.73 Å². The Hall–Kier alpha value is -0.880. The SMILES string of the molecule is CCn1ncc(Br)c1-c1cnc(N)s1. The van der Waals surface area contributed by atoms with Gasteiger partial charge in [0.05, 0.1) is 21.2 Å². The second-order valence-electron chi connectivity index (χ2n) is 2.72. The van der Waals surface area contributed by atoms with Crippen molar-refractivity contribution in [2.45, 2.75) is 13.5 Å². The Labute approximate surface area is 93.9 Å². The number of aromatic nitrogens is 3. The first-order valence-corrected chi connectivity index (χ1v) is 5.76. The maximum atomic E-state index is 5.59. The average molecular weight is 273 g/mol. The second kappa shape index (κ2) is 3.70. The third kappa shape index (κ3) is 1.55. The van der Waals surface area contributed by atoms with Crippen LogP contribution >= 0.6 is 27.3 Å². The number of nitrogen functional groups attached to an aromatic ring is 1. The first-order chi connectivity index (χ1) is 6.72. The number of hydrogen-bond donors (Lipinski definition) is 1. The highest BCUT2D eigenvalue weighted by Gasteiger charge is 2.12. The zero-order valence-electron chi connectivity index (χ0n) is 7.57. The molecule has 0 atom stereocenters. The Bertz CT molecular complexity index is 448. The van der Waals surface area contributed by atoms with Crippen LogP contribution < -0.4 is 5.73 Å². The molecule has 0 unspecified atom stereocenters. The minimum absolute atomic E-state index is 0.579. The van der Waals surface area contributed by atoms with Gasteiger partial charge in [0.2, 0.25) is 0 Å². The molecule has 0 aliphatic rings. The Morgan fingerprint density at radius 2 is 2.36 bits per heavy atom. The van der Waals surface area contributed by atoms with Gasteiger partial charge in [0.1, 0.15) is 0 Å². The second-order valence-corrected chi connectivity index (χ2v) is 4.64. The van der Waals surface area contributed by atoms with E-state index in [1.54, 1.807) is 12.4 Å². The maximum Gasteiger partial charge on any atom is 0.180 e. The zero-order chi connectivity index (χ0) is 10.1. The molecule has 0 saturated heterocycles. The van der Waals surface area contributed by atoms with Gasteiger partial charge in [-0.2, -0.15) is 5.10 Å². The fraction of sp³-hybridized carbons (Fsp3) is 0.250. The molecule has 2 rings (SSSR count). The van der Waals surface area contributed by atoms with E-state index in [4.69, 9.17) is 5.73 Å². The predicted octanol–water partition coefficient (Wildman–Crippen LogP) is 2.37. The molecule has 0 saturated carbocycles. The third-order valence-electron chi connectivity index (χ3n) is 1.85. The number of thiazole rings is 1. The van der Waals surface area contributed by atoms with Crippen LogP contribution in [0.15, 0.2) is 16.9 Å². The highest BCUT2D eigenvalue weighted by atomic mass is 79.9. The van der Waals surface area contributed by atoms with E-state index in [9.17, 15) is 0 Å². The van der Waals surface area contributed by atoms with E-state index in [1.807, 2.05) is 11.6 Å². The van der Waals surface area contributed by atoms with E-state index in [-0.39, 0.29) is 0 Å². The van der Waals surface area contributed by atoms with Gasteiger partial charge in [-0.15, -0.1) is 0 Å². The smallest absolute Gasteiger partial charge is 0.180 e. The molecule has 14 heavy (non-hydrogen) atoms. The molecule has 2 N–H and O–H groups in total. The summed E-state index contributed by atoms with van der Waals surface area (Å²) >= 11 is 4.92. The molecule has 4 nitrogen and oxygen atoms in total. The van der Waals surface area contributed by atoms with Crippen molar-refractivity contribution < 1.29 is 0 Å². The molecule has 0 bridgehead atoms. The van der Waals surface area contributed by atoms with E-state index in [1.165, 1.54) is 11.3 Å². The first-order valence-electron chi connectivity index (χ1n) is 4.15. The summed E-state index contributed by atoms with van der Waals surface area (Å²) in [4.78, 5) is 5.06. The van der Waals surface area contributed by atoms with Crippen LogP contribution in [-0.2, 0) is 6.54 Å². The molecule has 0 fully saturated rings. The van der Waals surface area contributed by atoms with Crippen LogP contribution in [0.3, 0.4) is 0 Å². The van der Waals surface area contributed by atoms with Gasteiger partial charge in [-0.1, -0.05) is 11.3 Å². The zero-order valence-corrected chi connectivity index (χ0v) is 9.97. The molecule has 0 amide bonds. The molecule has 0 aromatic carbocycles. The van der Waals surface area contributed by atoms with E-state index in [0.29, 0.717) is 5.13 Å². The number of nitrogens with zero attached hydrogens (tertiary/aromatic N) is 3. The monoisotopic (exact) mass is 272 g/mol. The highest BCUT2D eigenvalue weighted by Crippen LogP contribution is 2.32. The van der Waals surface area contributed by atoms with E-state index in [0.717, 1.165) is 21.6 Å². The number of aryl methyl sites for hydroxylation is 1. The van der Waals surface area contributed by atoms with Crippen LogP contribution in [0.1, 0.15) is 6.92 Å². The molecule has 0 aliphatic carbocycles. The first kappa shape index (κ1) is 9.67. The molecule has 2 aromatic rings. The number of nitrogens with two attached hydrogens (primary N) is 1. The lowest BCUT2D eigenvalue weighted by atomic mass is 10.4. The summed E-state index contributed by atoms with van der Waals surface area (Å²) in [5, 5.41) is 4.81. The lowest BCUT2D eigenvalue weighted by Gasteiger charge is -2.01. The molecule has 0 spiro atoms. The Balaban J connectivity index is 2.54. The van der Waals surface area contributed by atoms with Gasteiger partial charge in [-0.3, -0.25) is 4.68 Å². The van der Waals surface area contributed by atoms with Crippen LogP contribution in [-0.4, -0.2) is 14.8 Å². The van der Waals surface area contributed by atoms with Gasteiger partial charge in [0, 0.05) is 12.7 Å². The molecule has 0 radical (unpaired) electrons. The van der Waals surface area contributed by atoms with Gasteiger partial charge in [0.15, 0.2) is 5.13 Å². The van der Waals surface area contributed by atoms with E-state index in [2.05, 4.69) is 26.0 Å². The minimum Gasteiger partial charge on any atom is -0.375 e. The molecule has 2 heterocycles. The van der Waals surface area contributed by atoms with Crippen LogP contribution in [0.25, 0.3) is 10.6 Å². The van der Waals surface area contributed by atoms with Crippen molar-refractivity contribution in [2.75, 3.05) is 5.73 Å². The summed E-state index contributed by atoms with van der Waals surface area (Å²) in [5.74, 6) is 0. The van der Waals surface area contributed by atoms with Crippen molar-refractivity contribution in [3.8, 4) is 10.6 Å². The van der Waals surface area contributed by atoms with Gasteiger partial charge in [-0.05, 0) is 22.9 Å². The number of halogens is 1. The van der Waals surface area contributed by atoms with Gasteiger partial charge in [-0.25, -0.2) is 4.98 Å². The van der Waals surface area contributed by atoms with Crippen LogP contribution in [0.5, 0.6) is 0 Å². The van der Waals surface area contributed by atoms with Gasteiger partial charge in [0.25, 0.3) is 0 Å². The fourth-order valence-electron chi connectivity index (χ4n) is 1.24. The largest absolute Gasteiger partial charge is 0.375 e. The Morgan fingerprint density at radius 3 is 2.93 bits per heavy atom. The number of hydrogen-bond acceptors (Lipinski definition) is 4. The summed E-state index contributed by atoms with van der Waals surface area (Å²) < 4.78 is 2.89. The normalized spacial score (nSPS) is 10.7. The molecule has 2 aromatic heterocycles. The van der Waals surface area contributed by atoms with Gasteiger partial charge >= 0.3 is 0 Å². The summed E-state index contributed by atoms with van der Waals surface area (Å²) in [5.41, 5.74) is 6.63. The van der Waals surface area contributed by atoms with E-state index < -0.39 is 0 Å². The summed E-state index contributed by atoms with van der Waals surface area (Å²) in [7, 11) is 0.